The second kappa shape index (κ2) is 11.8. The lowest BCUT2D eigenvalue weighted by Crippen LogP contribution is -2.20. The van der Waals surface area contributed by atoms with Gasteiger partial charge < -0.3 is 0 Å². The third kappa shape index (κ3) is 6.78. The molecule has 1 amide bonds. The van der Waals surface area contributed by atoms with Gasteiger partial charge in [0, 0.05) is 11.3 Å². The van der Waals surface area contributed by atoms with Crippen LogP contribution in [0, 0.1) is 6.92 Å². The topological polar surface area (TPSA) is 72.2 Å². The van der Waals surface area contributed by atoms with E-state index in [0.29, 0.717) is 11.1 Å². The molecule has 1 N–H and O–H groups in total. The van der Waals surface area contributed by atoms with E-state index in [0.717, 1.165) is 22.6 Å². The number of rotatable bonds is 8. The Morgan fingerprint density at radius 1 is 0.974 bits per heavy atom. The molecule has 1 heterocycles. The lowest BCUT2D eigenvalue weighted by Gasteiger charge is -2.19. The zero-order chi connectivity index (χ0) is 27.3. The molecule has 3 aromatic carbocycles. The zero-order valence-electron chi connectivity index (χ0n) is 22.9. The molecule has 0 radical (unpaired) electrons. The van der Waals surface area contributed by atoms with Crippen LogP contribution in [0.1, 0.15) is 62.8 Å². The van der Waals surface area contributed by atoms with Crippen LogP contribution < -0.4 is 5.43 Å². The average molecular weight is 526 g/mol. The summed E-state index contributed by atoms with van der Waals surface area (Å²) in [5.41, 5.74) is 9.22. The van der Waals surface area contributed by atoms with Crippen LogP contribution in [0.2, 0.25) is 0 Å². The summed E-state index contributed by atoms with van der Waals surface area (Å²) in [6.45, 7) is 13.0. The van der Waals surface area contributed by atoms with Crippen molar-refractivity contribution in [1.29, 1.82) is 0 Å². The van der Waals surface area contributed by atoms with Gasteiger partial charge >= 0.3 is 0 Å². The number of nitrogens with zero attached hydrogens (tertiary/aromatic N) is 4. The molecule has 0 spiro atoms. The van der Waals surface area contributed by atoms with Crippen molar-refractivity contribution in [2.24, 2.45) is 5.10 Å². The molecule has 0 saturated carbocycles. The molecular weight excluding hydrogens is 490 g/mol. The highest BCUT2D eigenvalue weighted by Gasteiger charge is 2.19. The van der Waals surface area contributed by atoms with Gasteiger partial charge in [-0.05, 0) is 47.1 Å². The molecule has 1 aromatic heterocycles. The smallest absolute Gasteiger partial charge is 0.250 e. The normalized spacial score (nSPS) is 11.9. The Balaban J connectivity index is 1.50. The Morgan fingerprint density at radius 2 is 1.63 bits per heavy atom. The highest BCUT2D eigenvalue weighted by Crippen LogP contribution is 2.30. The van der Waals surface area contributed by atoms with Crippen LogP contribution in [0.15, 0.2) is 83.1 Å². The zero-order valence-corrected chi connectivity index (χ0v) is 23.7. The molecule has 0 aliphatic carbocycles. The van der Waals surface area contributed by atoms with Gasteiger partial charge in [0.2, 0.25) is 0 Å². The van der Waals surface area contributed by atoms with E-state index in [2.05, 4.69) is 111 Å². The highest BCUT2D eigenvalue weighted by molar-refractivity contribution is 7.99. The van der Waals surface area contributed by atoms with Gasteiger partial charge in [0.25, 0.3) is 5.91 Å². The first-order valence-electron chi connectivity index (χ1n) is 12.8. The summed E-state index contributed by atoms with van der Waals surface area (Å²) >= 11 is 1.33. The molecule has 0 saturated heterocycles. The lowest BCUT2D eigenvalue weighted by molar-refractivity contribution is -0.118. The Kier molecular flexibility index (Phi) is 8.47. The van der Waals surface area contributed by atoms with Gasteiger partial charge in [-0.15, -0.1) is 10.2 Å². The van der Waals surface area contributed by atoms with E-state index < -0.39 is 0 Å². The van der Waals surface area contributed by atoms with Gasteiger partial charge in [-0.3, -0.25) is 9.36 Å². The van der Waals surface area contributed by atoms with Crippen LogP contribution in [0.25, 0.3) is 17.1 Å². The van der Waals surface area contributed by atoms with Gasteiger partial charge in [-0.1, -0.05) is 113 Å². The van der Waals surface area contributed by atoms with E-state index in [1.807, 2.05) is 28.8 Å². The number of hydrogen-bond acceptors (Lipinski definition) is 5. The number of hydrogen-bond donors (Lipinski definition) is 1. The third-order valence-electron chi connectivity index (χ3n) is 6.27. The molecule has 0 bridgehead atoms. The van der Waals surface area contributed by atoms with Crippen LogP contribution in [0.4, 0.5) is 0 Å². The maximum atomic E-state index is 12.5. The molecule has 0 aliphatic heterocycles. The second-order valence-corrected chi connectivity index (χ2v) is 11.7. The number of amides is 1. The summed E-state index contributed by atoms with van der Waals surface area (Å²) in [4.78, 5) is 12.5. The summed E-state index contributed by atoms with van der Waals surface area (Å²) < 4.78 is 2.00. The van der Waals surface area contributed by atoms with Crippen molar-refractivity contribution in [3.05, 3.63) is 95.1 Å². The van der Waals surface area contributed by atoms with Crippen molar-refractivity contribution in [3.8, 4) is 17.1 Å². The van der Waals surface area contributed by atoms with Crippen LogP contribution in [0.5, 0.6) is 0 Å². The Labute approximate surface area is 229 Å². The first-order chi connectivity index (χ1) is 18.1. The number of thioether (sulfide) groups is 1. The van der Waals surface area contributed by atoms with E-state index in [1.54, 1.807) is 6.21 Å². The number of benzene rings is 3. The molecule has 4 rings (SSSR count). The van der Waals surface area contributed by atoms with Crippen molar-refractivity contribution < 1.29 is 4.79 Å². The summed E-state index contributed by atoms with van der Waals surface area (Å²) in [7, 11) is 0. The SMILES string of the molecule is Cc1ccc(-n2c(SCC(=O)N/N=C/c3ccc(C(C)C)cc3)nnc2-c2ccc(C(C)(C)C)cc2)cc1. The first kappa shape index (κ1) is 27.3. The molecule has 6 nitrogen and oxygen atoms in total. The van der Waals surface area contributed by atoms with E-state index in [4.69, 9.17) is 0 Å². The van der Waals surface area contributed by atoms with Gasteiger partial charge in [-0.25, -0.2) is 5.43 Å². The fourth-order valence-electron chi connectivity index (χ4n) is 3.90. The summed E-state index contributed by atoms with van der Waals surface area (Å²) in [6, 6.07) is 24.8. The summed E-state index contributed by atoms with van der Waals surface area (Å²) in [5, 5.41) is 13.7. The average Bonchev–Trinajstić information content (AvgIpc) is 3.32. The van der Waals surface area contributed by atoms with Crippen LogP contribution in [0.3, 0.4) is 0 Å². The van der Waals surface area contributed by atoms with E-state index in [9.17, 15) is 4.79 Å². The number of nitrogens with one attached hydrogen (secondary N) is 1. The van der Waals surface area contributed by atoms with E-state index in [1.165, 1.54) is 28.5 Å². The molecular formula is C31H35N5OS. The Bertz CT molecular complexity index is 1400. The number of aryl methyl sites for hydroxylation is 1. The van der Waals surface area contributed by atoms with Gasteiger partial charge in [0.05, 0.1) is 12.0 Å². The van der Waals surface area contributed by atoms with E-state index in [-0.39, 0.29) is 17.1 Å². The summed E-state index contributed by atoms with van der Waals surface area (Å²) in [5.74, 6) is 1.17. The fourth-order valence-corrected chi connectivity index (χ4v) is 4.65. The second-order valence-electron chi connectivity index (χ2n) is 10.7. The lowest BCUT2D eigenvalue weighted by atomic mass is 9.87. The maximum absolute atomic E-state index is 12.5. The summed E-state index contributed by atoms with van der Waals surface area (Å²) in [6.07, 6.45) is 1.65. The highest BCUT2D eigenvalue weighted by atomic mass is 32.2. The van der Waals surface area contributed by atoms with Crippen molar-refractivity contribution in [2.45, 2.75) is 58.0 Å². The van der Waals surface area contributed by atoms with Gasteiger partial charge in [0.1, 0.15) is 0 Å². The maximum Gasteiger partial charge on any atom is 0.250 e. The van der Waals surface area contributed by atoms with Crippen LogP contribution >= 0.6 is 11.8 Å². The number of hydrazone groups is 1. The molecule has 0 unspecified atom stereocenters. The number of aromatic nitrogens is 3. The van der Waals surface area contributed by atoms with Crippen LogP contribution in [-0.2, 0) is 10.2 Å². The number of carbonyl (C=O) groups is 1. The van der Waals surface area contributed by atoms with Crippen molar-refractivity contribution in [1.82, 2.24) is 20.2 Å². The predicted molar refractivity (Wildman–Crippen MR) is 157 cm³/mol. The molecule has 0 atom stereocenters. The minimum Gasteiger partial charge on any atom is -0.272 e. The number of carbonyl (C=O) groups excluding carboxylic acids is 1. The molecule has 196 valence electrons. The Morgan fingerprint density at radius 3 is 2.24 bits per heavy atom. The van der Waals surface area contributed by atoms with Crippen molar-refractivity contribution in [3.63, 3.8) is 0 Å². The van der Waals surface area contributed by atoms with E-state index >= 15 is 0 Å². The minimum absolute atomic E-state index is 0.0670. The van der Waals surface area contributed by atoms with Crippen molar-refractivity contribution in [2.75, 3.05) is 5.75 Å². The monoisotopic (exact) mass is 525 g/mol. The fraction of sp³-hybridized carbons (Fsp3) is 0.290. The predicted octanol–water partition coefficient (Wildman–Crippen LogP) is 6.91. The van der Waals surface area contributed by atoms with Crippen LogP contribution in [-0.4, -0.2) is 32.6 Å². The van der Waals surface area contributed by atoms with Crippen molar-refractivity contribution >= 4 is 23.9 Å². The van der Waals surface area contributed by atoms with Gasteiger partial charge in [0.15, 0.2) is 11.0 Å². The Hall–Kier alpha value is -3.71. The molecule has 4 aromatic rings. The first-order valence-corrected chi connectivity index (χ1v) is 13.8. The van der Waals surface area contributed by atoms with Gasteiger partial charge in [-0.2, -0.15) is 5.10 Å². The third-order valence-corrected chi connectivity index (χ3v) is 7.20. The molecule has 0 fully saturated rings. The molecule has 38 heavy (non-hydrogen) atoms. The largest absolute Gasteiger partial charge is 0.272 e. The quantitative estimate of drug-likeness (QED) is 0.154. The minimum atomic E-state index is -0.209. The standard InChI is InChI=1S/C31H35N5OS/c1-21(2)24-11-9-23(10-12-24)19-32-33-28(37)20-38-30-35-34-29(36(30)27-17-7-22(3)8-18-27)25-13-15-26(16-14-25)31(4,5)6/h7-19,21H,20H2,1-6H3,(H,33,37)/b32-19+. The molecule has 0 aliphatic rings. The molecule has 7 heteroatoms.